The Kier molecular flexibility index (Phi) is 75.0. The topological polar surface area (TPSA) is 63.3 Å². The van der Waals surface area contributed by atoms with Crippen LogP contribution in [-0.2, 0) is 4.79 Å². The number of carboxylic acids is 1. The summed E-state index contributed by atoms with van der Waals surface area (Å²) in [5.41, 5.74) is 6.92. The van der Waals surface area contributed by atoms with Crippen LogP contribution in [0.15, 0.2) is 0 Å². The van der Waals surface area contributed by atoms with Gasteiger partial charge in [-0.1, -0.05) is 490 Å². The zero-order chi connectivity index (χ0) is 63.7. The molecule has 0 aliphatic rings. The number of rotatable bonds is 80. The summed E-state index contributed by atoms with van der Waals surface area (Å²) in [4.78, 5) is 12.7. The zero-order valence-electron chi connectivity index (χ0n) is 62.0. The third-order valence-corrected chi connectivity index (χ3v) is 21.7. The van der Waals surface area contributed by atoms with Gasteiger partial charge in [-0.25, -0.2) is 0 Å². The van der Waals surface area contributed by atoms with Crippen LogP contribution < -0.4 is 5.73 Å². The minimum atomic E-state index is -0.772. The summed E-state index contributed by atoms with van der Waals surface area (Å²) in [5, 5.41) is 10.4. The lowest BCUT2D eigenvalue weighted by molar-refractivity contribution is -0.139. The fourth-order valence-electron chi connectivity index (χ4n) is 15.5. The Morgan fingerprint density at radius 1 is 0.239 bits per heavy atom. The molecule has 3 nitrogen and oxygen atoms in total. The summed E-state index contributed by atoms with van der Waals surface area (Å²) in [6.07, 6.45) is 108. The highest BCUT2D eigenvalue weighted by Crippen LogP contribution is 2.48. The van der Waals surface area contributed by atoms with E-state index in [1.54, 1.807) is 0 Å². The molecule has 0 aliphatic heterocycles. The Hall–Kier alpha value is -0.570. The molecule has 0 bridgehead atoms. The monoisotopic (exact) mass is 1240 g/mol. The highest BCUT2D eigenvalue weighted by atomic mass is 16.4. The van der Waals surface area contributed by atoms with Crippen molar-refractivity contribution >= 4 is 5.97 Å². The Labute approximate surface area is 558 Å². The van der Waals surface area contributed by atoms with Crippen molar-refractivity contribution in [2.45, 2.75) is 528 Å². The van der Waals surface area contributed by atoms with Gasteiger partial charge in [0.2, 0.25) is 0 Å². The average molecular weight is 1240 g/mol. The maximum atomic E-state index is 12.7. The summed E-state index contributed by atoms with van der Waals surface area (Å²) in [5.74, 6) is -0.340. The van der Waals surface area contributed by atoms with E-state index in [1.807, 2.05) is 0 Å². The van der Waals surface area contributed by atoms with E-state index in [-0.39, 0.29) is 5.41 Å². The van der Waals surface area contributed by atoms with Gasteiger partial charge in [-0.2, -0.15) is 0 Å². The average Bonchev–Trinajstić information content (AvgIpc) is 2.99. The normalized spacial score (nSPS) is 12.7. The van der Waals surface area contributed by atoms with Gasteiger partial charge in [-0.3, -0.25) is 4.79 Å². The zero-order valence-corrected chi connectivity index (χ0v) is 62.0. The first-order chi connectivity index (χ1) is 43.5. The SMILES string of the molecule is CCCCCCCCCCCCCCCCCCCCC(CC(N)C(=O)O)C(CCCCCCCCCCCCCCCCCCCC)(CCCCCCCCCCCCCCCCCCCC)CCCCCCCCCCCCCCCCCCCC. The smallest absolute Gasteiger partial charge is 0.320 e. The van der Waals surface area contributed by atoms with Crippen LogP contribution in [0.25, 0.3) is 0 Å². The highest BCUT2D eigenvalue weighted by molar-refractivity contribution is 5.73. The standard InChI is InChI=1S/C85H171NO2/c1-5-9-13-17-21-25-29-33-37-41-45-49-53-57-61-65-69-73-77-82(81-83(86)84(87)88)85(78-74-70-66-62-58-54-50-46-42-38-34-30-26-22-18-14-10-6-2,79-75-71-67-63-59-55-51-47-43-39-35-31-27-23-19-15-11-7-3)80-76-72-68-64-60-56-52-48-44-40-36-32-28-24-20-16-12-8-4/h82-83H,5-81,86H2,1-4H3,(H,87,88). The van der Waals surface area contributed by atoms with Crippen LogP contribution >= 0.6 is 0 Å². The molecular formula is C85H171NO2. The Morgan fingerprint density at radius 3 is 0.523 bits per heavy atom. The third kappa shape index (κ3) is 65.5. The second-order valence-electron chi connectivity index (χ2n) is 30.3. The van der Waals surface area contributed by atoms with Gasteiger partial charge in [0.25, 0.3) is 0 Å². The van der Waals surface area contributed by atoms with Gasteiger partial charge < -0.3 is 10.8 Å². The van der Waals surface area contributed by atoms with Crippen molar-refractivity contribution in [2.24, 2.45) is 17.1 Å². The van der Waals surface area contributed by atoms with Crippen LogP contribution in [0.2, 0.25) is 0 Å². The van der Waals surface area contributed by atoms with E-state index in [2.05, 4.69) is 27.7 Å². The Balaban J connectivity index is 5.57. The second-order valence-corrected chi connectivity index (χ2v) is 30.3. The summed E-state index contributed by atoms with van der Waals surface area (Å²) in [6, 6.07) is -0.735. The van der Waals surface area contributed by atoms with Gasteiger partial charge in [-0.05, 0) is 43.4 Å². The molecule has 2 unspecified atom stereocenters. The molecule has 0 aromatic rings. The quantitative estimate of drug-likeness (QED) is 0.0597. The van der Waals surface area contributed by atoms with Crippen molar-refractivity contribution in [3.8, 4) is 0 Å². The maximum absolute atomic E-state index is 12.7. The number of carbonyl (C=O) groups is 1. The molecule has 0 heterocycles. The highest BCUT2D eigenvalue weighted by Gasteiger charge is 2.38. The molecule has 0 aromatic carbocycles. The largest absolute Gasteiger partial charge is 0.480 e. The van der Waals surface area contributed by atoms with Crippen molar-refractivity contribution < 1.29 is 9.90 Å². The van der Waals surface area contributed by atoms with Gasteiger partial charge in [-0.15, -0.1) is 0 Å². The number of unbranched alkanes of at least 4 members (excludes halogenated alkanes) is 68. The molecular weight excluding hydrogens is 1070 g/mol. The molecule has 528 valence electrons. The van der Waals surface area contributed by atoms with Crippen LogP contribution in [0.1, 0.15) is 522 Å². The fourth-order valence-corrected chi connectivity index (χ4v) is 15.5. The molecule has 0 rings (SSSR count). The first-order valence-corrected chi connectivity index (χ1v) is 42.5. The van der Waals surface area contributed by atoms with E-state index < -0.39 is 12.0 Å². The Morgan fingerprint density at radius 2 is 0.375 bits per heavy atom. The Bertz CT molecular complexity index is 1170. The molecule has 88 heavy (non-hydrogen) atoms. The predicted molar refractivity (Wildman–Crippen MR) is 400 cm³/mol. The number of hydrogen-bond acceptors (Lipinski definition) is 2. The molecule has 0 spiro atoms. The van der Waals surface area contributed by atoms with Crippen molar-refractivity contribution in [2.75, 3.05) is 0 Å². The molecule has 0 aliphatic carbocycles. The molecule has 0 aromatic heterocycles. The van der Waals surface area contributed by atoms with Crippen LogP contribution in [0.3, 0.4) is 0 Å². The van der Waals surface area contributed by atoms with E-state index in [1.165, 1.54) is 488 Å². The van der Waals surface area contributed by atoms with E-state index in [4.69, 9.17) is 5.73 Å². The van der Waals surface area contributed by atoms with Gasteiger partial charge in [0, 0.05) is 0 Å². The van der Waals surface area contributed by atoms with Gasteiger partial charge >= 0.3 is 5.97 Å². The number of hydrogen-bond donors (Lipinski definition) is 2. The van der Waals surface area contributed by atoms with Gasteiger partial charge in [0.05, 0.1) is 0 Å². The molecule has 0 saturated heterocycles. The van der Waals surface area contributed by atoms with Gasteiger partial charge in [0.1, 0.15) is 6.04 Å². The van der Waals surface area contributed by atoms with E-state index in [0.717, 1.165) is 0 Å². The molecule has 0 amide bonds. The second kappa shape index (κ2) is 75.5. The van der Waals surface area contributed by atoms with Crippen molar-refractivity contribution in [3.05, 3.63) is 0 Å². The first kappa shape index (κ1) is 87.4. The molecule has 2 atom stereocenters. The lowest BCUT2D eigenvalue weighted by Gasteiger charge is -2.43. The lowest BCUT2D eigenvalue weighted by Crippen LogP contribution is -2.39. The van der Waals surface area contributed by atoms with E-state index in [0.29, 0.717) is 12.3 Å². The molecule has 3 heteroatoms. The van der Waals surface area contributed by atoms with Gasteiger partial charge in [0.15, 0.2) is 0 Å². The lowest BCUT2D eigenvalue weighted by atomic mass is 9.62. The van der Waals surface area contributed by atoms with Crippen molar-refractivity contribution in [1.29, 1.82) is 0 Å². The summed E-state index contributed by atoms with van der Waals surface area (Å²) >= 11 is 0. The summed E-state index contributed by atoms with van der Waals surface area (Å²) in [6.45, 7) is 9.27. The van der Waals surface area contributed by atoms with Crippen LogP contribution in [0, 0.1) is 11.3 Å². The van der Waals surface area contributed by atoms with Crippen molar-refractivity contribution in [3.63, 3.8) is 0 Å². The first-order valence-electron chi connectivity index (χ1n) is 42.5. The molecule has 3 N–H and O–H groups in total. The number of aliphatic carboxylic acids is 1. The third-order valence-electron chi connectivity index (χ3n) is 21.7. The van der Waals surface area contributed by atoms with Crippen LogP contribution in [-0.4, -0.2) is 17.1 Å². The predicted octanol–water partition coefficient (Wildman–Crippen LogP) is 31.1. The maximum Gasteiger partial charge on any atom is 0.320 e. The molecule has 0 radical (unpaired) electrons. The van der Waals surface area contributed by atoms with Crippen LogP contribution in [0.4, 0.5) is 0 Å². The summed E-state index contributed by atoms with van der Waals surface area (Å²) < 4.78 is 0. The van der Waals surface area contributed by atoms with Crippen LogP contribution in [0.5, 0.6) is 0 Å². The number of nitrogens with two attached hydrogens (primary N) is 1. The minimum absolute atomic E-state index is 0.237. The van der Waals surface area contributed by atoms with Crippen molar-refractivity contribution in [1.82, 2.24) is 0 Å². The number of carboxylic acid groups (broad SMARTS) is 1. The van der Waals surface area contributed by atoms with E-state index in [9.17, 15) is 9.90 Å². The fraction of sp³-hybridized carbons (Fsp3) is 0.988. The molecule has 0 fully saturated rings. The summed E-state index contributed by atoms with van der Waals surface area (Å²) in [7, 11) is 0. The molecule has 0 saturated carbocycles. The van der Waals surface area contributed by atoms with E-state index >= 15 is 0 Å². The minimum Gasteiger partial charge on any atom is -0.480 e.